The van der Waals surface area contributed by atoms with Gasteiger partial charge in [0, 0.05) is 24.2 Å². The third-order valence-corrected chi connectivity index (χ3v) is 3.21. The molecule has 0 unspecified atom stereocenters. The summed E-state index contributed by atoms with van der Waals surface area (Å²) < 4.78 is 6.83. The first-order valence-corrected chi connectivity index (χ1v) is 7.77. The van der Waals surface area contributed by atoms with Crippen molar-refractivity contribution in [1.29, 1.82) is 0 Å². The smallest absolute Gasteiger partial charge is 0.328 e. The number of hydrogen-bond acceptors (Lipinski definition) is 6. The monoisotopic (exact) mass is 399 g/mol. The van der Waals surface area contributed by atoms with Crippen LogP contribution in [0.5, 0.6) is 11.8 Å². The number of halogens is 1. The van der Waals surface area contributed by atoms with Crippen molar-refractivity contribution in [3.63, 3.8) is 0 Å². The summed E-state index contributed by atoms with van der Waals surface area (Å²) in [5.41, 5.74) is 0. The Hall–Kier alpha value is -1.64. The number of nitrogens with one attached hydrogen (secondary N) is 1. The van der Waals surface area contributed by atoms with Crippen LogP contribution >= 0.6 is 22.6 Å². The molecule has 0 aliphatic rings. The van der Waals surface area contributed by atoms with Gasteiger partial charge in [-0.05, 0) is 47.2 Å². The predicted octanol–water partition coefficient (Wildman–Crippen LogP) is 3.16. The molecular weight excluding hydrogens is 381 g/mol. The van der Waals surface area contributed by atoms with Gasteiger partial charge in [0.15, 0.2) is 0 Å². The van der Waals surface area contributed by atoms with Gasteiger partial charge in [0.2, 0.25) is 11.9 Å². The van der Waals surface area contributed by atoms with Gasteiger partial charge >= 0.3 is 6.01 Å². The molecule has 2 rings (SSSR count). The van der Waals surface area contributed by atoms with Gasteiger partial charge in [0.05, 0.1) is 0 Å². The van der Waals surface area contributed by atoms with E-state index < -0.39 is 0 Å². The van der Waals surface area contributed by atoms with Gasteiger partial charge in [0.25, 0.3) is 0 Å². The minimum atomic E-state index is 0.286. The van der Waals surface area contributed by atoms with Crippen LogP contribution in [0.1, 0.15) is 13.3 Å². The van der Waals surface area contributed by atoms with Crippen molar-refractivity contribution >= 4 is 34.5 Å². The molecule has 0 radical (unpaired) electrons. The molecule has 0 amide bonds. The van der Waals surface area contributed by atoms with Crippen LogP contribution in [0.3, 0.4) is 0 Å². The molecule has 1 N–H and O–H groups in total. The number of ether oxygens (including phenoxy) is 1. The highest BCUT2D eigenvalue weighted by molar-refractivity contribution is 14.1. The zero-order valence-electron chi connectivity index (χ0n) is 12.3. The second-order valence-corrected chi connectivity index (χ2v) is 5.87. The summed E-state index contributed by atoms with van der Waals surface area (Å²) in [6, 6.07) is 8.02. The largest absolute Gasteiger partial charge is 0.424 e. The van der Waals surface area contributed by atoms with Crippen LogP contribution in [0.2, 0.25) is 0 Å². The fraction of sp³-hybridized carbons (Fsp3) is 0.357. The molecule has 7 heteroatoms. The molecule has 0 aliphatic carbocycles. The van der Waals surface area contributed by atoms with Crippen LogP contribution in [-0.4, -0.2) is 35.6 Å². The van der Waals surface area contributed by atoms with Crippen LogP contribution < -0.4 is 15.0 Å². The SMILES string of the molecule is CCCNc1nc(Oc2cccc(I)c2)nc(N(C)C)n1. The highest BCUT2D eigenvalue weighted by Gasteiger charge is 2.10. The Morgan fingerprint density at radius 2 is 2.05 bits per heavy atom. The average molecular weight is 399 g/mol. The molecule has 6 nitrogen and oxygen atoms in total. The van der Waals surface area contributed by atoms with E-state index in [4.69, 9.17) is 4.74 Å². The Labute approximate surface area is 138 Å². The standard InChI is InChI=1S/C14H18IN5O/c1-4-8-16-12-17-13(20(2)3)19-14(18-12)21-11-7-5-6-10(15)9-11/h5-7,9H,4,8H2,1-3H3,(H,16,17,18,19). The highest BCUT2D eigenvalue weighted by atomic mass is 127. The average Bonchev–Trinajstić information content (AvgIpc) is 2.45. The molecule has 21 heavy (non-hydrogen) atoms. The van der Waals surface area contributed by atoms with Gasteiger partial charge in [-0.15, -0.1) is 0 Å². The first-order chi connectivity index (χ1) is 10.1. The zero-order valence-corrected chi connectivity index (χ0v) is 14.5. The lowest BCUT2D eigenvalue weighted by Gasteiger charge is -2.13. The first-order valence-electron chi connectivity index (χ1n) is 6.69. The third-order valence-electron chi connectivity index (χ3n) is 2.54. The van der Waals surface area contributed by atoms with Crippen molar-refractivity contribution in [1.82, 2.24) is 15.0 Å². The second kappa shape index (κ2) is 7.39. The van der Waals surface area contributed by atoms with E-state index >= 15 is 0 Å². The Balaban J connectivity index is 2.26. The molecule has 0 aliphatic heterocycles. The fourth-order valence-corrected chi connectivity index (χ4v) is 2.06. The molecule has 1 aromatic heterocycles. The summed E-state index contributed by atoms with van der Waals surface area (Å²) in [7, 11) is 3.77. The Kier molecular flexibility index (Phi) is 5.54. The molecular formula is C14H18IN5O. The number of aromatic nitrogens is 3. The van der Waals surface area contributed by atoms with E-state index in [0.717, 1.165) is 16.5 Å². The molecule has 112 valence electrons. The molecule has 0 saturated heterocycles. The molecule has 0 saturated carbocycles. The summed E-state index contributed by atoms with van der Waals surface area (Å²) in [5, 5.41) is 3.16. The fourth-order valence-electron chi connectivity index (χ4n) is 1.54. The molecule has 0 spiro atoms. The maximum absolute atomic E-state index is 5.74. The van der Waals surface area contributed by atoms with E-state index in [-0.39, 0.29) is 6.01 Å². The Morgan fingerprint density at radius 3 is 2.71 bits per heavy atom. The number of benzene rings is 1. The normalized spacial score (nSPS) is 10.3. The van der Waals surface area contributed by atoms with Crippen LogP contribution in [0.15, 0.2) is 24.3 Å². The van der Waals surface area contributed by atoms with Crippen molar-refractivity contribution in [2.24, 2.45) is 0 Å². The van der Waals surface area contributed by atoms with Gasteiger partial charge < -0.3 is 15.0 Å². The highest BCUT2D eigenvalue weighted by Crippen LogP contribution is 2.22. The van der Waals surface area contributed by atoms with Crippen molar-refractivity contribution in [2.75, 3.05) is 30.9 Å². The minimum absolute atomic E-state index is 0.286. The minimum Gasteiger partial charge on any atom is -0.424 e. The summed E-state index contributed by atoms with van der Waals surface area (Å²) in [4.78, 5) is 14.8. The topological polar surface area (TPSA) is 63.2 Å². The molecule has 0 fully saturated rings. The van der Waals surface area contributed by atoms with Gasteiger partial charge in [-0.25, -0.2) is 0 Å². The maximum Gasteiger partial charge on any atom is 0.328 e. The van der Waals surface area contributed by atoms with E-state index in [1.54, 1.807) is 0 Å². The van der Waals surface area contributed by atoms with Crippen LogP contribution in [0, 0.1) is 3.57 Å². The van der Waals surface area contributed by atoms with Crippen molar-refractivity contribution < 1.29 is 4.74 Å². The maximum atomic E-state index is 5.74. The lowest BCUT2D eigenvalue weighted by Crippen LogP contribution is -2.16. The van der Waals surface area contributed by atoms with Gasteiger partial charge in [-0.3, -0.25) is 0 Å². The van der Waals surface area contributed by atoms with E-state index in [0.29, 0.717) is 17.6 Å². The van der Waals surface area contributed by atoms with E-state index in [1.165, 1.54) is 0 Å². The van der Waals surface area contributed by atoms with Crippen LogP contribution in [0.25, 0.3) is 0 Å². The number of anilines is 2. The van der Waals surface area contributed by atoms with E-state index in [9.17, 15) is 0 Å². The summed E-state index contributed by atoms with van der Waals surface area (Å²) in [5.74, 6) is 1.79. The lowest BCUT2D eigenvalue weighted by atomic mass is 10.3. The van der Waals surface area contributed by atoms with E-state index in [2.05, 4.69) is 49.8 Å². The summed E-state index contributed by atoms with van der Waals surface area (Å²) in [6.45, 7) is 2.89. The Bertz CT molecular complexity index is 606. The van der Waals surface area contributed by atoms with Gasteiger partial charge in [0.1, 0.15) is 5.75 Å². The van der Waals surface area contributed by atoms with Crippen molar-refractivity contribution in [3.05, 3.63) is 27.8 Å². The molecule has 0 atom stereocenters. The third kappa shape index (κ3) is 4.69. The molecule has 1 heterocycles. The van der Waals surface area contributed by atoms with Gasteiger partial charge in [-0.1, -0.05) is 13.0 Å². The van der Waals surface area contributed by atoms with Crippen LogP contribution in [0.4, 0.5) is 11.9 Å². The Morgan fingerprint density at radius 1 is 1.24 bits per heavy atom. The van der Waals surface area contributed by atoms with Crippen LogP contribution in [-0.2, 0) is 0 Å². The molecule has 0 bridgehead atoms. The summed E-state index contributed by atoms with van der Waals surface area (Å²) >= 11 is 2.24. The quantitative estimate of drug-likeness (QED) is 0.754. The van der Waals surface area contributed by atoms with Crippen molar-refractivity contribution in [3.8, 4) is 11.8 Å². The molecule has 2 aromatic rings. The first kappa shape index (κ1) is 15.7. The number of nitrogens with zero attached hydrogens (tertiary/aromatic N) is 4. The van der Waals surface area contributed by atoms with Crippen molar-refractivity contribution in [2.45, 2.75) is 13.3 Å². The zero-order chi connectivity index (χ0) is 15.2. The molecule has 1 aromatic carbocycles. The lowest BCUT2D eigenvalue weighted by molar-refractivity contribution is 0.440. The predicted molar refractivity (Wildman–Crippen MR) is 92.2 cm³/mol. The van der Waals surface area contributed by atoms with E-state index in [1.807, 2.05) is 43.3 Å². The summed E-state index contributed by atoms with van der Waals surface area (Å²) in [6.07, 6.45) is 0.996. The number of rotatable bonds is 6. The van der Waals surface area contributed by atoms with Gasteiger partial charge in [-0.2, -0.15) is 15.0 Å². The number of hydrogen-bond donors (Lipinski definition) is 1. The second-order valence-electron chi connectivity index (χ2n) is 4.62.